The summed E-state index contributed by atoms with van der Waals surface area (Å²) in [6.45, 7) is 2.07. The molecule has 0 aliphatic rings. The molecule has 0 spiro atoms. The third kappa shape index (κ3) is 7.61. The van der Waals surface area contributed by atoms with E-state index in [1.165, 1.54) is 11.1 Å². The largest absolute Gasteiger partial charge is 0.305 e. The van der Waals surface area contributed by atoms with Crippen molar-refractivity contribution in [1.29, 1.82) is 0 Å². The van der Waals surface area contributed by atoms with Crippen molar-refractivity contribution in [2.45, 2.75) is 6.92 Å². The van der Waals surface area contributed by atoms with Crippen molar-refractivity contribution in [2.24, 2.45) is 0 Å². The number of hydrogen-bond acceptors (Lipinski definition) is 5. The van der Waals surface area contributed by atoms with Crippen molar-refractivity contribution >= 4 is 0 Å². The molecule has 0 atom stereocenters. The molecule has 0 aliphatic heterocycles. The molecule has 44 heavy (non-hydrogen) atoms. The van der Waals surface area contributed by atoms with Crippen molar-refractivity contribution in [2.75, 3.05) is 0 Å². The second kappa shape index (κ2) is 14.8. The van der Waals surface area contributed by atoms with Crippen LogP contribution in [0.5, 0.6) is 0 Å². The molecule has 0 saturated carbocycles. The molecule has 0 aliphatic carbocycles. The average Bonchev–Trinajstić information content (AvgIpc) is 3.10. The standard InChI is InChI=1S/C26H17N4.C12H10N.Ir/c1-3-7-19(8-4-1)21-11-15-23(16-12-21)25-27-29-26(30-28-25)24-17-13-22(14-18-24)20-9-5-2-6-10-20;1-10-5-4-6-11(9-10)12-7-2-3-8-13-12;/h1-17H;2-5,7-9H,1H3;/q2*-1;. The monoisotopic (exact) mass is 746 g/mol. The van der Waals surface area contributed by atoms with E-state index < -0.39 is 0 Å². The Kier molecular flexibility index (Phi) is 10.2. The van der Waals surface area contributed by atoms with Gasteiger partial charge < -0.3 is 4.98 Å². The summed E-state index contributed by atoms with van der Waals surface area (Å²) in [6.07, 6.45) is 1.80. The molecular formula is C38H27IrN5-2. The maximum absolute atomic E-state index is 4.26. The molecule has 0 fully saturated rings. The van der Waals surface area contributed by atoms with Gasteiger partial charge in [-0.25, -0.2) is 0 Å². The molecule has 0 N–H and O–H groups in total. The molecular weight excluding hydrogens is 719 g/mol. The SMILES string of the molecule is Cc1cc[c-]c(-c2ccccn2)c1.[Ir].[c-]1cc(-c2ccccc2)ccc1-c1nnc(-c2ccc(-c3ccccc3)cc2)nn1. The summed E-state index contributed by atoms with van der Waals surface area (Å²) in [4.78, 5) is 4.26. The Balaban J connectivity index is 0.000000230. The van der Waals surface area contributed by atoms with Gasteiger partial charge in [0.15, 0.2) is 0 Å². The van der Waals surface area contributed by atoms with Crippen molar-refractivity contribution < 1.29 is 20.1 Å². The van der Waals surface area contributed by atoms with Gasteiger partial charge in [0.25, 0.3) is 0 Å². The first-order valence-electron chi connectivity index (χ1n) is 13.9. The molecule has 1 radical (unpaired) electrons. The Labute approximate surface area is 271 Å². The van der Waals surface area contributed by atoms with Crippen molar-refractivity contribution in [3.63, 3.8) is 0 Å². The summed E-state index contributed by atoms with van der Waals surface area (Å²) in [5.41, 5.74) is 9.47. The van der Waals surface area contributed by atoms with Crippen LogP contribution in [0.25, 0.3) is 56.3 Å². The van der Waals surface area contributed by atoms with Crippen molar-refractivity contribution in [1.82, 2.24) is 25.4 Å². The van der Waals surface area contributed by atoms with Crippen LogP contribution in [0.4, 0.5) is 0 Å². The fourth-order valence-corrected chi connectivity index (χ4v) is 4.52. The molecule has 215 valence electrons. The fraction of sp³-hybridized carbons (Fsp3) is 0.0263. The van der Waals surface area contributed by atoms with Crippen LogP contribution in [0.3, 0.4) is 0 Å². The van der Waals surface area contributed by atoms with Gasteiger partial charge in [-0.1, -0.05) is 115 Å². The third-order valence-corrected chi connectivity index (χ3v) is 6.79. The predicted octanol–water partition coefficient (Wildman–Crippen LogP) is 8.59. The van der Waals surface area contributed by atoms with E-state index >= 15 is 0 Å². The molecule has 0 unspecified atom stereocenters. The van der Waals surface area contributed by atoms with Gasteiger partial charge in [0, 0.05) is 31.9 Å². The van der Waals surface area contributed by atoms with E-state index in [4.69, 9.17) is 0 Å². The van der Waals surface area contributed by atoms with Gasteiger partial charge in [-0.3, -0.25) is 0 Å². The van der Waals surface area contributed by atoms with E-state index in [9.17, 15) is 0 Å². The van der Waals surface area contributed by atoms with E-state index in [2.05, 4.69) is 86.9 Å². The van der Waals surface area contributed by atoms with E-state index in [1.807, 2.05) is 97.1 Å². The maximum Gasteiger partial charge on any atom is 0.201 e. The molecule has 0 amide bonds. The molecule has 7 aromatic rings. The number of rotatable bonds is 5. The summed E-state index contributed by atoms with van der Waals surface area (Å²) in [5, 5.41) is 17.0. The van der Waals surface area contributed by atoms with Crippen LogP contribution >= 0.6 is 0 Å². The maximum atomic E-state index is 4.26. The molecule has 6 heteroatoms. The summed E-state index contributed by atoms with van der Waals surface area (Å²) >= 11 is 0. The molecule has 5 aromatic carbocycles. The van der Waals surface area contributed by atoms with E-state index in [0.717, 1.165) is 39.1 Å². The normalized spacial score (nSPS) is 10.2. The van der Waals surface area contributed by atoms with Crippen LogP contribution in [0.1, 0.15) is 5.56 Å². The van der Waals surface area contributed by atoms with Gasteiger partial charge in [0.1, 0.15) is 5.82 Å². The van der Waals surface area contributed by atoms with Crippen molar-refractivity contribution in [3.8, 4) is 56.3 Å². The van der Waals surface area contributed by atoms with Gasteiger partial charge in [-0.05, 0) is 22.9 Å². The van der Waals surface area contributed by atoms with Gasteiger partial charge in [0.05, 0.1) is 0 Å². The summed E-state index contributed by atoms with van der Waals surface area (Å²) in [6, 6.07) is 52.7. The number of aryl methyl sites for hydroxylation is 1. The molecule has 5 nitrogen and oxygen atoms in total. The summed E-state index contributed by atoms with van der Waals surface area (Å²) < 4.78 is 0. The second-order valence-corrected chi connectivity index (χ2v) is 9.84. The van der Waals surface area contributed by atoms with Crippen LogP contribution in [0, 0.1) is 19.1 Å². The van der Waals surface area contributed by atoms with E-state index in [1.54, 1.807) is 6.20 Å². The van der Waals surface area contributed by atoms with E-state index in [0.29, 0.717) is 11.6 Å². The van der Waals surface area contributed by atoms with Crippen molar-refractivity contribution in [3.05, 3.63) is 163 Å². The Morgan fingerprint density at radius 3 is 1.64 bits per heavy atom. The molecule has 0 bridgehead atoms. The smallest absolute Gasteiger partial charge is 0.201 e. The predicted molar refractivity (Wildman–Crippen MR) is 171 cm³/mol. The zero-order valence-corrected chi connectivity index (χ0v) is 26.3. The van der Waals surface area contributed by atoms with Gasteiger partial charge in [-0.2, -0.15) is 10.2 Å². The van der Waals surface area contributed by atoms with Gasteiger partial charge in [0.2, 0.25) is 5.82 Å². The third-order valence-electron chi connectivity index (χ3n) is 6.79. The van der Waals surface area contributed by atoms with Crippen LogP contribution in [-0.2, 0) is 20.1 Å². The Hall–Kier alpha value is -5.16. The number of pyridine rings is 1. The van der Waals surface area contributed by atoms with Gasteiger partial charge in [-0.15, -0.1) is 75.4 Å². The van der Waals surface area contributed by atoms with Gasteiger partial charge >= 0.3 is 0 Å². The minimum atomic E-state index is 0. The quantitative estimate of drug-likeness (QED) is 0.165. The minimum Gasteiger partial charge on any atom is -0.305 e. The average molecular weight is 746 g/mol. The Bertz CT molecular complexity index is 1780. The summed E-state index contributed by atoms with van der Waals surface area (Å²) in [5.74, 6) is 0.957. The van der Waals surface area contributed by atoms with Crippen LogP contribution in [-0.4, -0.2) is 25.4 Å². The first kappa shape index (κ1) is 30.3. The number of nitrogens with zero attached hydrogens (tertiary/aromatic N) is 5. The Morgan fingerprint density at radius 2 is 1.05 bits per heavy atom. The van der Waals surface area contributed by atoms with E-state index in [-0.39, 0.29) is 20.1 Å². The first-order valence-corrected chi connectivity index (χ1v) is 13.9. The topological polar surface area (TPSA) is 64.5 Å². The number of aromatic nitrogens is 5. The molecule has 2 aromatic heterocycles. The fourth-order valence-electron chi connectivity index (χ4n) is 4.52. The molecule has 2 heterocycles. The zero-order chi connectivity index (χ0) is 29.3. The number of hydrogen-bond donors (Lipinski definition) is 0. The Morgan fingerprint density at radius 1 is 0.477 bits per heavy atom. The summed E-state index contributed by atoms with van der Waals surface area (Å²) in [7, 11) is 0. The van der Waals surface area contributed by atoms with Crippen LogP contribution in [0.2, 0.25) is 0 Å². The van der Waals surface area contributed by atoms with Crippen LogP contribution < -0.4 is 0 Å². The number of benzene rings is 5. The second-order valence-electron chi connectivity index (χ2n) is 9.84. The first-order chi connectivity index (χ1) is 21.2. The minimum absolute atomic E-state index is 0. The zero-order valence-electron chi connectivity index (χ0n) is 23.9. The van der Waals surface area contributed by atoms with Crippen LogP contribution in [0.15, 0.2) is 146 Å². The molecule has 0 saturated heterocycles. The molecule has 7 rings (SSSR count).